The fraction of sp³-hybridized carbons (Fsp3) is 0.471. The molecule has 7 heteroatoms. The van der Waals surface area contributed by atoms with E-state index in [1.165, 1.54) is 12.0 Å². The number of rotatable bonds is 6. The smallest absolute Gasteiger partial charge is 0.339 e. The molecule has 130 valence electrons. The lowest BCUT2D eigenvalue weighted by Gasteiger charge is -2.04. The van der Waals surface area contributed by atoms with E-state index in [-0.39, 0.29) is 5.91 Å². The maximum absolute atomic E-state index is 12.4. The Morgan fingerprint density at radius 1 is 1.29 bits per heavy atom. The average molecular weight is 349 g/mol. The molecule has 0 aliphatic rings. The first-order valence-electron chi connectivity index (χ1n) is 7.89. The summed E-state index contributed by atoms with van der Waals surface area (Å²) in [6, 6.07) is 0. The number of aromatic nitrogens is 2. The standard InChI is InChI=1S/C17H23N3O3S/c1-6-12-14(17(22)23-5)9(2)15(20-12)16(21)18-8-7-13-10(3)19-11(4)24-13/h20H,6-8H2,1-5H3,(H,18,21). The van der Waals surface area contributed by atoms with Crippen molar-refractivity contribution < 1.29 is 14.3 Å². The van der Waals surface area contributed by atoms with E-state index < -0.39 is 5.97 Å². The number of nitrogens with zero attached hydrogens (tertiary/aromatic N) is 1. The lowest BCUT2D eigenvalue weighted by atomic mass is 10.1. The van der Waals surface area contributed by atoms with Gasteiger partial charge in [0.05, 0.1) is 23.4 Å². The highest BCUT2D eigenvalue weighted by Crippen LogP contribution is 2.20. The number of aryl methyl sites for hydroxylation is 3. The Morgan fingerprint density at radius 2 is 2.00 bits per heavy atom. The van der Waals surface area contributed by atoms with Crippen molar-refractivity contribution in [1.29, 1.82) is 0 Å². The van der Waals surface area contributed by atoms with E-state index in [4.69, 9.17) is 4.74 Å². The molecule has 0 saturated heterocycles. The maximum atomic E-state index is 12.4. The van der Waals surface area contributed by atoms with Crippen molar-refractivity contribution in [1.82, 2.24) is 15.3 Å². The monoisotopic (exact) mass is 349 g/mol. The van der Waals surface area contributed by atoms with E-state index in [9.17, 15) is 9.59 Å². The van der Waals surface area contributed by atoms with Gasteiger partial charge < -0.3 is 15.0 Å². The van der Waals surface area contributed by atoms with E-state index in [0.29, 0.717) is 29.8 Å². The molecule has 0 saturated carbocycles. The minimum Gasteiger partial charge on any atom is -0.465 e. The topological polar surface area (TPSA) is 84.1 Å². The summed E-state index contributed by atoms with van der Waals surface area (Å²) in [6.45, 7) is 8.16. The summed E-state index contributed by atoms with van der Waals surface area (Å²) in [5, 5.41) is 3.93. The number of carbonyl (C=O) groups is 2. The van der Waals surface area contributed by atoms with Gasteiger partial charge in [-0.2, -0.15) is 0 Å². The predicted octanol–water partition coefficient (Wildman–Crippen LogP) is 2.72. The number of methoxy groups -OCH3 is 1. The first-order valence-corrected chi connectivity index (χ1v) is 8.71. The van der Waals surface area contributed by atoms with Crippen LogP contribution in [0, 0.1) is 20.8 Å². The summed E-state index contributed by atoms with van der Waals surface area (Å²) in [5.41, 5.74) is 3.24. The molecule has 0 atom stereocenters. The fourth-order valence-electron chi connectivity index (χ4n) is 2.71. The highest BCUT2D eigenvalue weighted by Gasteiger charge is 2.23. The van der Waals surface area contributed by atoms with Crippen molar-refractivity contribution in [3.05, 3.63) is 38.1 Å². The fourth-order valence-corrected chi connectivity index (χ4v) is 3.65. The van der Waals surface area contributed by atoms with Gasteiger partial charge in [0, 0.05) is 23.5 Å². The largest absolute Gasteiger partial charge is 0.465 e. The number of hydrogen-bond donors (Lipinski definition) is 2. The quantitative estimate of drug-likeness (QED) is 0.786. The Balaban J connectivity index is 2.08. The van der Waals surface area contributed by atoms with E-state index >= 15 is 0 Å². The minimum atomic E-state index is -0.421. The van der Waals surface area contributed by atoms with Crippen LogP contribution < -0.4 is 5.32 Å². The summed E-state index contributed by atoms with van der Waals surface area (Å²) < 4.78 is 4.81. The van der Waals surface area contributed by atoms with Crippen LogP contribution in [0.15, 0.2) is 0 Å². The Kier molecular flexibility index (Phi) is 5.77. The SMILES string of the molecule is CCc1[nH]c(C(=O)NCCc2sc(C)nc2C)c(C)c1C(=O)OC. The van der Waals surface area contributed by atoms with Crippen LogP contribution in [0.3, 0.4) is 0 Å². The number of H-pyrrole nitrogens is 1. The van der Waals surface area contributed by atoms with Gasteiger partial charge in [-0.3, -0.25) is 4.79 Å². The van der Waals surface area contributed by atoms with Crippen molar-refractivity contribution >= 4 is 23.2 Å². The molecular formula is C17H23N3O3S. The highest BCUT2D eigenvalue weighted by molar-refractivity contribution is 7.11. The lowest BCUT2D eigenvalue weighted by molar-refractivity contribution is 0.0599. The average Bonchev–Trinajstić information content (AvgIpc) is 3.05. The second-order valence-electron chi connectivity index (χ2n) is 5.57. The molecule has 0 unspecified atom stereocenters. The third kappa shape index (κ3) is 3.67. The molecule has 0 fully saturated rings. The zero-order chi connectivity index (χ0) is 17.9. The normalized spacial score (nSPS) is 10.7. The van der Waals surface area contributed by atoms with Crippen LogP contribution in [-0.4, -0.2) is 35.5 Å². The molecule has 2 aromatic rings. The Hall–Kier alpha value is -2.15. The van der Waals surface area contributed by atoms with Gasteiger partial charge in [0.25, 0.3) is 5.91 Å². The second kappa shape index (κ2) is 7.61. The zero-order valence-corrected chi connectivity index (χ0v) is 15.5. The summed E-state index contributed by atoms with van der Waals surface area (Å²) in [5.74, 6) is -0.633. The van der Waals surface area contributed by atoms with Crippen LogP contribution in [0.4, 0.5) is 0 Å². The summed E-state index contributed by atoms with van der Waals surface area (Å²) in [6.07, 6.45) is 1.37. The van der Waals surface area contributed by atoms with Crippen LogP contribution in [0.1, 0.15) is 54.6 Å². The van der Waals surface area contributed by atoms with Crippen molar-refractivity contribution in [2.24, 2.45) is 0 Å². The maximum Gasteiger partial charge on any atom is 0.339 e. The van der Waals surface area contributed by atoms with E-state index in [1.807, 2.05) is 20.8 Å². The summed E-state index contributed by atoms with van der Waals surface area (Å²) in [7, 11) is 1.34. The number of aromatic amines is 1. The van der Waals surface area contributed by atoms with Crippen LogP contribution in [0.25, 0.3) is 0 Å². The molecule has 6 nitrogen and oxygen atoms in total. The Labute approximate surface area is 145 Å². The van der Waals surface area contributed by atoms with Gasteiger partial charge in [0.2, 0.25) is 0 Å². The third-order valence-electron chi connectivity index (χ3n) is 3.94. The van der Waals surface area contributed by atoms with Gasteiger partial charge in [0.1, 0.15) is 5.69 Å². The first kappa shape index (κ1) is 18.2. The van der Waals surface area contributed by atoms with Crippen LogP contribution in [-0.2, 0) is 17.6 Å². The molecule has 0 aromatic carbocycles. The number of carbonyl (C=O) groups excluding carboxylic acids is 2. The van der Waals surface area contributed by atoms with E-state index in [0.717, 1.165) is 22.8 Å². The molecule has 0 bridgehead atoms. The van der Waals surface area contributed by atoms with Crippen molar-refractivity contribution in [3.8, 4) is 0 Å². The number of nitrogens with one attached hydrogen (secondary N) is 2. The molecule has 2 aromatic heterocycles. The molecular weight excluding hydrogens is 326 g/mol. The van der Waals surface area contributed by atoms with Gasteiger partial charge in [0.15, 0.2) is 0 Å². The third-order valence-corrected chi connectivity index (χ3v) is 5.07. The van der Waals surface area contributed by atoms with Crippen molar-refractivity contribution in [2.75, 3.05) is 13.7 Å². The van der Waals surface area contributed by atoms with Crippen LogP contribution >= 0.6 is 11.3 Å². The Bertz CT molecular complexity index is 761. The number of amides is 1. The first-order chi connectivity index (χ1) is 11.4. The van der Waals surface area contributed by atoms with Crippen molar-refractivity contribution in [2.45, 2.75) is 40.5 Å². The number of thiazole rings is 1. The molecule has 1 amide bonds. The molecule has 0 radical (unpaired) electrons. The highest BCUT2D eigenvalue weighted by atomic mass is 32.1. The molecule has 0 aliphatic carbocycles. The van der Waals surface area contributed by atoms with E-state index in [1.54, 1.807) is 18.3 Å². The summed E-state index contributed by atoms with van der Waals surface area (Å²) >= 11 is 1.65. The number of esters is 1. The molecule has 2 N–H and O–H groups in total. The molecule has 0 aliphatic heterocycles. The van der Waals surface area contributed by atoms with E-state index in [2.05, 4.69) is 15.3 Å². The van der Waals surface area contributed by atoms with Crippen LogP contribution in [0.5, 0.6) is 0 Å². The van der Waals surface area contributed by atoms with Crippen LogP contribution in [0.2, 0.25) is 0 Å². The van der Waals surface area contributed by atoms with Gasteiger partial charge >= 0.3 is 5.97 Å². The second-order valence-corrected chi connectivity index (χ2v) is 6.86. The lowest BCUT2D eigenvalue weighted by Crippen LogP contribution is -2.26. The summed E-state index contributed by atoms with van der Waals surface area (Å²) in [4.78, 5) is 33.0. The van der Waals surface area contributed by atoms with Gasteiger partial charge in [-0.25, -0.2) is 9.78 Å². The molecule has 24 heavy (non-hydrogen) atoms. The Morgan fingerprint density at radius 3 is 2.54 bits per heavy atom. The van der Waals surface area contributed by atoms with Gasteiger partial charge in [-0.15, -0.1) is 11.3 Å². The predicted molar refractivity (Wildman–Crippen MR) is 93.9 cm³/mol. The van der Waals surface area contributed by atoms with Gasteiger partial charge in [-0.05, 0) is 32.8 Å². The zero-order valence-electron chi connectivity index (χ0n) is 14.7. The number of hydrogen-bond acceptors (Lipinski definition) is 5. The molecule has 2 heterocycles. The number of ether oxygens (including phenoxy) is 1. The molecule has 2 rings (SSSR count). The van der Waals surface area contributed by atoms with Gasteiger partial charge in [-0.1, -0.05) is 6.92 Å². The van der Waals surface area contributed by atoms with Crippen molar-refractivity contribution in [3.63, 3.8) is 0 Å². The molecule has 0 spiro atoms. The minimum absolute atomic E-state index is 0.212.